The molecule has 4 nitrogen and oxygen atoms in total. The summed E-state index contributed by atoms with van der Waals surface area (Å²) in [4.78, 5) is 11.6. The van der Waals surface area contributed by atoms with Crippen molar-refractivity contribution in [2.45, 2.75) is 46.0 Å². The van der Waals surface area contributed by atoms with E-state index in [9.17, 15) is 18.0 Å². The molecule has 1 heterocycles. The number of carbonyl (C=O) groups is 1. The average molecular weight is 298 g/mol. The molecule has 1 atom stereocenters. The van der Waals surface area contributed by atoms with Crippen LogP contribution >= 0.6 is 11.6 Å². The predicted molar refractivity (Wildman–Crippen MR) is 64.9 cm³/mol. The van der Waals surface area contributed by atoms with E-state index in [1.165, 1.54) is 6.92 Å². The van der Waals surface area contributed by atoms with Crippen LogP contribution in [0.1, 0.15) is 31.7 Å². The van der Waals surface area contributed by atoms with Crippen LogP contribution in [0.4, 0.5) is 13.2 Å². The van der Waals surface area contributed by atoms with Gasteiger partial charge in [-0.15, -0.1) is 0 Å². The molecule has 0 spiro atoms. The number of carbonyl (C=O) groups excluding carboxylic acids is 1. The molecule has 0 radical (unpaired) electrons. The number of nitrogens with one attached hydrogen (secondary N) is 1. The quantitative estimate of drug-likeness (QED) is 0.929. The first-order chi connectivity index (χ1) is 8.66. The number of hydrogen-bond acceptors (Lipinski definition) is 2. The van der Waals surface area contributed by atoms with Crippen LogP contribution in [0, 0.1) is 6.92 Å². The highest BCUT2D eigenvalue weighted by molar-refractivity contribution is 6.32. The summed E-state index contributed by atoms with van der Waals surface area (Å²) in [5.41, 5.74) is -1.05. The van der Waals surface area contributed by atoms with Crippen LogP contribution in [-0.2, 0) is 17.5 Å². The lowest BCUT2D eigenvalue weighted by Crippen LogP contribution is -2.35. The van der Waals surface area contributed by atoms with Crippen molar-refractivity contribution in [1.29, 1.82) is 0 Å². The van der Waals surface area contributed by atoms with E-state index in [1.807, 2.05) is 13.8 Å². The largest absolute Gasteiger partial charge is 0.436 e. The van der Waals surface area contributed by atoms with Gasteiger partial charge < -0.3 is 5.32 Å². The standard InChI is InChI=1S/C11H15ClF3N3O/c1-4-6(2)16-8(19)5-18-7(3)9(12)10(17-18)11(13,14)15/h6H,4-5H2,1-3H3,(H,16,19)/t6-/m0/s1. The number of nitrogens with zero attached hydrogens (tertiary/aromatic N) is 2. The van der Waals surface area contributed by atoms with Crippen molar-refractivity contribution in [3.8, 4) is 0 Å². The number of rotatable bonds is 4. The topological polar surface area (TPSA) is 46.9 Å². The second-order valence-electron chi connectivity index (χ2n) is 4.28. The molecule has 0 unspecified atom stereocenters. The maximum absolute atomic E-state index is 12.6. The minimum atomic E-state index is -4.62. The summed E-state index contributed by atoms with van der Waals surface area (Å²) in [6.07, 6.45) is -3.89. The minimum Gasteiger partial charge on any atom is -0.352 e. The molecule has 0 bridgehead atoms. The Labute approximate surface area is 113 Å². The minimum absolute atomic E-state index is 0.0408. The second kappa shape index (κ2) is 5.81. The third kappa shape index (κ3) is 3.86. The number of aromatic nitrogens is 2. The van der Waals surface area contributed by atoms with Crippen LogP contribution in [0.5, 0.6) is 0 Å². The maximum Gasteiger partial charge on any atom is 0.436 e. The fraction of sp³-hybridized carbons (Fsp3) is 0.636. The van der Waals surface area contributed by atoms with Gasteiger partial charge in [-0.3, -0.25) is 9.48 Å². The first kappa shape index (κ1) is 15.8. The van der Waals surface area contributed by atoms with Crippen molar-refractivity contribution in [2.75, 3.05) is 0 Å². The lowest BCUT2D eigenvalue weighted by molar-refractivity contribution is -0.141. The van der Waals surface area contributed by atoms with Gasteiger partial charge in [0.1, 0.15) is 6.54 Å². The van der Waals surface area contributed by atoms with Crippen molar-refractivity contribution >= 4 is 17.5 Å². The van der Waals surface area contributed by atoms with Gasteiger partial charge in [-0.05, 0) is 20.3 Å². The fourth-order valence-corrected chi connectivity index (χ4v) is 1.66. The first-order valence-electron chi connectivity index (χ1n) is 5.76. The van der Waals surface area contributed by atoms with Gasteiger partial charge >= 0.3 is 6.18 Å². The van der Waals surface area contributed by atoms with Crippen molar-refractivity contribution in [3.05, 3.63) is 16.4 Å². The SMILES string of the molecule is CC[C@H](C)NC(=O)Cn1nc(C(F)(F)F)c(Cl)c1C. The van der Waals surface area contributed by atoms with Crippen LogP contribution in [0.25, 0.3) is 0 Å². The number of hydrogen-bond donors (Lipinski definition) is 1. The molecule has 0 saturated carbocycles. The molecule has 0 aliphatic carbocycles. The molecule has 1 rings (SSSR count). The molecule has 19 heavy (non-hydrogen) atoms. The fourth-order valence-electron chi connectivity index (χ4n) is 1.42. The average Bonchev–Trinajstić information content (AvgIpc) is 2.56. The van der Waals surface area contributed by atoms with Gasteiger partial charge in [-0.25, -0.2) is 0 Å². The molecule has 0 aliphatic heterocycles. The monoisotopic (exact) mass is 297 g/mol. The Balaban J connectivity index is 2.89. The molecule has 1 aromatic heterocycles. The Bertz CT molecular complexity index is 470. The number of amides is 1. The van der Waals surface area contributed by atoms with E-state index in [0.29, 0.717) is 0 Å². The molecule has 0 aliphatic rings. The van der Waals surface area contributed by atoms with Gasteiger partial charge in [0.05, 0.1) is 10.7 Å². The van der Waals surface area contributed by atoms with Gasteiger partial charge in [0.2, 0.25) is 5.91 Å². The van der Waals surface area contributed by atoms with Crippen molar-refractivity contribution in [2.24, 2.45) is 0 Å². The van der Waals surface area contributed by atoms with Gasteiger partial charge in [0.25, 0.3) is 0 Å². The van der Waals surface area contributed by atoms with Crippen LogP contribution in [0.3, 0.4) is 0 Å². The third-order valence-corrected chi connectivity index (χ3v) is 3.17. The molecule has 1 amide bonds. The van der Waals surface area contributed by atoms with Crippen LogP contribution in [0.2, 0.25) is 5.02 Å². The third-order valence-electron chi connectivity index (χ3n) is 2.72. The highest BCUT2D eigenvalue weighted by Crippen LogP contribution is 2.35. The Hall–Kier alpha value is -1.24. The van der Waals surface area contributed by atoms with Gasteiger partial charge in [-0.2, -0.15) is 18.3 Å². The lowest BCUT2D eigenvalue weighted by Gasteiger charge is -2.11. The summed E-state index contributed by atoms with van der Waals surface area (Å²) in [6, 6.07) is -0.0408. The van der Waals surface area contributed by atoms with Crippen molar-refractivity contribution < 1.29 is 18.0 Å². The van der Waals surface area contributed by atoms with E-state index in [-0.39, 0.29) is 18.3 Å². The summed E-state index contributed by atoms with van der Waals surface area (Å²) >= 11 is 5.58. The normalized spacial score (nSPS) is 13.4. The molecular formula is C11H15ClF3N3O. The Morgan fingerprint density at radius 1 is 1.53 bits per heavy atom. The van der Waals surface area contributed by atoms with Crippen LogP contribution in [-0.4, -0.2) is 21.7 Å². The molecule has 8 heteroatoms. The molecule has 108 valence electrons. The van der Waals surface area contributed by atoms with Gasteiger partial charge in [0.15, 0.2) is 5.69 Å². The van der Waals surface area contributed by atoms with Crippen LogP contribution < -0.4 is 5.32 Å². The smallest absolute Gasteiger partial charge is 0.352 e. The second-order valence-corrected chi connectivity index (χ2v) is 4.66. The Morgan fingerprint density at radius 2 is 2.11 bits per heavy atom. The van der Waals surface area contributed by atoms with E-state index >= 15 is 0 Å². The van der Waals surface area contributed by atoms with Gasteiger partial charge in [0, 0.05) is 6.04 Å². The summed E-state index contributed by atoms with van der Waals surface area (Å²) in [5, 5.41) is 5.53. The zero-order chi connectivity index (χ0) is 14.8. The Kier molecular flexibility index (Phi) is 4.84. The molecule has 0 saturated heterocycles. The summed E-state index contributed by atoms with van der Waals surface area (Å²) in [6.45, 7) is 4.80. The number of alkyl halides is 3. The van der Waals surface area contributed by atoms with Crippen LogP contribution in [0.15, 0.2) is 0 Å². The molecule has 1 aromatic rings. The Morgan fingerprint density at radius 3 is 2.53 bits per heavy atom. The molecule has 0 fully saturated rings. The molecule has 1 N–H and O–H groups in total. The summed E-state index contributed by atoms with van der Waals surface area (Å²) in [7, 11) is 0. The summed E-state index contributed by atoms with van der Waals surface area (Å²) in [5.74, 6) is -0.398. The van der Waals surface area contributed by atoms with E-state index in [1.54, 1.807) is 0 Å². The predicted octanol–water partition coefficient (Wildman–Crippen LogP) is 2.78. The van der Waals surface area contributed by atoms with Crippen molar-refractivity contribution in [1.82, 2.24) is 15.1 Å². The molecular weight excluding hydrogens is 283 g/mol. The lowest BCUT2D eigenvalue weighted by atomic mass is 10.2. The van der Waals surface area contributed by atoms with E-state index in [2.05, 4.69) is 10.4 Å². The highest BCUT2D eigenvalue weighted by Gasteiger charge is 2.38. The zero-order valence-electron chi connectivity index (χ0n) is 10.8. The first-order valence-corrected chi connectivity index (χ1v) is 6.14. The van der Waals surface area contributed by atoms with E-state index in [4.69, 9.17) is 11.6 Å². The van der Waals surface area contributed by atoms with E-state index in [0.717, 1.165) is 11.1 Å². The molecule has 0 aromatic carbocycles. The van der Waals surface area contributed by atoms with Gasteiger partial charge in [-0.1, -0.05) is 18.5 Å². The maximum atomic E-state index is 12.6. The number of halogens is 4. The zero-order valence-corrected chi connectivity index (χ0v) is 11.6. The van der Waals surface area contributed by atoms with E-state index < -0.39 is 22.8 Å². The van der Waals surface area contributed by atoms with Crippen molar-refractivity contribution in [3.63, 3.8) is 0 Å². The highest BCUT2D eigenvalue weighted by atomic mass is 35.5. The summed E-state index contributed by atoms with van der Waals surface area (Å²) < 4.78 is 38.7.